The van der Waals surface area contributed by atoms with Gasteiger partial charge in [-0.25, -0.2) is 0 Å². The molecule has 0 N–H and O–H groups in total. The van der Waals surface area contributed by atoms with Crippen LogP contribution in [-0.2, 0) is 21.7 Å². The second kappa shape index (κ2) is 16.2. The molecule has 2 aliphatic carbocycles. The number of furan rings is 1. The Morgan fingerprint density at radius 2 is 1.07 bits per heavy atom. The largest absolute Gasteiger partial charge is 0.456 e. The van der Waals surface area contributed by atoms with Gasteiger partial charge >= 0.3 is 0 Å². The first-order valence-electron chi connectivity index (χ1n) is 31.2. The SMILES string of the molecule is CC(C)(C)c1ccc(N2c3cc(N4c5ccc(-c6ccccc6)cc5C5(C)CCCCC45C)cc4c3B3c5cc(cc6c5N4C4(C)CCCCC64C)C(C(C)(C)C)(C(C)(C)C)c4ccc5oc6ccc2c3c6c5c4)c(-c2ccccc2)c1. The van der Waals surface area contributed by atoms with Crippen molar-refractivity contribution in [1.82, 2.24) is 0 Å². The average molecular weight is 1070 g/mol. The molecule has 5 aliphatic heterocycles. The summed E-state index contributed by atoms with van der Waals surface area (Å²) in [5.41, 5.74) is 26.4. The van der Waals surface area contributed by atoms with Crippen molar-refractivity contribution in [3.63, 3.8) is 0 Å². The van der Waals surface area contributed by atoms with Crippen LogP contribution >= 0.6 is 0 Å². The third-order valence-electron chi connectivity index (χ3n) is 23.4. The van der Waals surface area contributed by atoms with Crippen LogP contribution in [0.4, 0.5) is 39.8 Å². The Morgan fingerprint density at radius 1 is 0.463 bits per heavy atom. The zero-order valence-corrected chi connectivity index (χ0v) is 50.9. The van der Waals surface area contributed by atoms with Crippen LogP contribution in [0.2, 0.25) is 0 Å². The Labute approximate surface area is 488 Å². The number of nitrogens with zero attached hydrogens (tertiary/aromatic N) is 3. The van der Waals surface area contributed by atoms with Crippen LogP contribution in [0.25, 0.3) is 44.2 Å². The Hall–Kier alpha value is -6.98. The summed E-state index contributed by atoms with van der Waals surface area (Å²) < 4.78 is 7.21. The van der Waals surface area contributed by atoms with E-state index in [1.54, 1.807) is 5.56 Å². The molecule has 4 atom stereocenters. The van der Waals surface area contributed by atoms with Crippen LogP contribution in [0.1, 0.15) is 169 Å². The highest BCUT2D eigenvalue weighted by Gasteiger charge is 2.64. The molecule has 82 heavy (non-hydrogen) atoms. The molecule has 5 heteroatoms. The van der Waals surface area contributed by atoms with Crippen molar-refractivity contribution < 1.29 is 4.42 Å². The molecular weight excluding hydrogens is 994 g/mol. The summed E-state index contributed by atoms with van der Waals surface area (Å²) in [5, 5.41) is 2.48. The van der Waals surface area contributed by atoms with Gasteiger partial charge in [0, 0.05) is 66.7 Å². The van der Waals surface area contributed by atoms with Gasteiger partial charge in [0.15, 0.2) is 0 Å². The van der Waals surface area contributed by atoms with E-state index in [1.165, 1.54) is 137 Å². The van der Waals surface area contributed by atoms with Crippen molar-refractivity contribution >= 4 is 84.9 Å². The van der Waals surface area contributed by atoms with Crippen molar-refractivity contribution in [2.75, 3.05) is 14.7 Å². The predicted octanol–water partition coefficient (Wildman–Crippen LogP) is 19.0. The van der Waals surface area contributed by atoms with Crippen molar-refractivity contribution in [2.24, 2.45) is 10.8 Å². The Bertz CT molecular complexity index is 4210. The zero-order valence-electron chi connectivity index (χ0n) is 50.9. The summed E-state index contributed by atoms with van der Waals surface area (Å²) in [5.74, 6) is 0. The van der Waals surface area contributed by atoms with Crippen LogP contribution in [0.15, 0.2) is 156 Å². The lowest BCUT2D eigenvalue weighted by molar-refractivity contribution is 0.0906. The zero-order chi connectivity index (χ0) is 56.6. The standard InChI is InChI=1S/C77H80BN3O/c1-70(2,3)50-29-32-59(54(41-50)48-26-18-15-19-27-48)79-61-33-35-65-66-55-42-51(30-34-64(55)82-65)77(71(4,5)6,72(7,8)9)52-43-57-69-58(44-52)78(68(61)66)67-62(79)45-53(46-63(67)81(69)76(13)39-23-21-37-74(57,76)11)80-60-31-28-49(47-24-16-14-17-25-47)40-56(60)73(10)36-20-22-38-75(73,80)12/h14-19,24-35,40-46H,20-23,36-39H2,1-13H3. The van der Waals surface area contributed by atoms with Crippen LogP contribution < -0.4 is 31.1 Å². The molecule has 0 amide bonds. The molecule has 7 aliphatic rings. The van der Waals surface area contributed by atoms with Gasteiger partial charge in [-0.2, -0.15) is 0 Å². The van der Waals surface area contributed by atoms with Gasteiger partial charge in [-0.15, -0.1) is 0 Å². The maximum atomic E-state index is 7.21. The lowest BCUT2D eigenvalue weighted by Gasteiger charge is -2.55. The van der Waals surface area contributed by atoms with Crippen LogP contribution in [0, 0.1) is 10.8 Å². The van der Waals surface area contributed by atoms with Crippen LogP contribution in [0.3, 0.4) is 0 Å². The Kier molecular flexibility index (Phi) is 10.0. The van der Waals surface area contributed by atoms with Gasteiger partial charge in [0.25, 0.3) is 6.71 Å². The number of fused-ring (bicyclic) bond motifs is 9. The van der Waals surface area contributed by atoms with Gasteiger partial charge in [0.1, 0.15) is 11.2 Å². The molecule has 2 saturated carbocycles. The lowest BCUT2D eigenvalue weighted by Crippen LogP contribution is -2.65. The molecule has 412 valence electrons. The fourth-order valence-electron chi connectivity index (χ4n) is 19.5. The summed E-state index contributed by atoms with van der Waals surface area (Å²) in [4.78, 5) is 8.62. The van der Waals surface area contributed by atoms with E-state index in [9.17, 15) is 0 Å². The topological polar surface area (TPSA) is 22.9 Å². The molecule has 0 radical (unpaired) electrons. The van der Waals surface area contributed by atoms with Gasteiger partial charge in [-0.3, -0.25) is 0 Å². The van der Waals surface area contributed by atoms with Crippen LogP contribution in [-0.4, -0.2) is 17.8 Å². The monoisotopic (exact) mass is 1070 g/mol. The summed E-state index contributed by atoms with van der Waals surface area (Å²) in [6.45, 7) is 32.7. The normalized spacial score (nSPS) is 24.5. The molecule has 16 rings (SSSR count). The van der Waals surface area contributed by atoms with Crippen molar-refractivity contribution in [3.8, 4) is 22.3 Å². The first-order chi connectivity index (χ1) is 39.0. The molecule has 4 bridgehead atoms. The summed E-state index contributed by atoms with van der Waals surface area (Å²) >= 11 is 0. The number of benzene rings is 8. The highest BCUT2D eigenvalue weighted by atomic mass is 16.3. The third-order valence-corrected chi connectivity index (χ3v) is 23.4. The minimum absolute atomic E-state index is 0.0582. The number of hydrogen-bond donors (Lipinski definition) is 0. The molecule has 2 fully saturated rings. The summed E-state index contributed by atoms with van der Waals surface area (Å²) in [6, 6.07) is 60.3. The quantitative estimate of drug-likeness (QED) is 0.164. The molecule has 8 aromatic carbocycles. The summed E-state index contributed by atoms with van der Waals surface area (Å²) in [6.07, 6.45) is 9.47. The van der Waals surface area contributed by atoms with Crippen LogP contribution in [0.5, 0.6) is 0 Å². The fraction of sp³-hybridized carbons (Fsp3) is 0.377. The van der Waals surface area contributed by atoms with Gasteiger partial charge in [-0.05, 0) is 177 Å². The second-order valence-electron chi connectivity index (χ2n) is 30.3. The van der Waals surface area contributed by atoms with E-state index in [0.717, 1.165) is 36.8 Å². The lowest BCUT2D eigenvalue weighted by atomic mass is 9.32. The highest BCUT2D eigenvalue weighted by molar-refractivity contribution is 7.02. The van der Waals surface area contributed by atoms with Gasteiger partial charge in [0.2, 0.25) is 0 Å². The van der Waals surface area contributed by atoms with E-state index < -0.39 is 0 Å². The second-order valence-corrected chi connectivity index (χ2v) is 30.3. The number of rotatable bonds is 4. The van der Waals surface area contributed by atoms with Gasteiger partial charge in [0.05, 0.1) is 16.8 Å². The molecule has 6 heterocycles. The molecule has 4 unspecified atom stereocenters. The van der Waals surface area contributed by atoms with Gasteiger partial charge < -0.3 is 19.1 Å². The predicted molar refractivity (Wildman–Crippen MR) is 348 cm³/mol. The minimum Gasteiger partial charge on any atom is -0.456 e. The molecule has 9 aromatic rings. The Morgan fingerprint density at radius 3 is 1.76 bits per heavy atom. The molecule has 4 nitrogen and oxygen atoms in total. The first-order valence-corrected chi connectivity index (χ1v) is 31.2. The van der Waals surface area contributed by atoms with E-state index in [-0.39, 0.29) is 50.3 Å². The van der Waals surface area contributed by atoms with Crippen molar-refractivity contribution in [2.45, 2.75) is 174 Å². The van der Waals surface area contributed by atoms with E-state index in [0.29, 0.717) is 0 Å². The maximum Gasteiger partial charge on any atom is 0.253 e. The minimum atomic E-state index is -0.369. The fourth-order valence-corrected chi connectivity index (χ4v) is 19.5. The van der Waals surface area contributed by atoms with Gasteiger partial charge in [-0.1, -0.05) is 193 Å². The Balaban J connectivity index is 1.09. The first kappa shape index (κ1) is 50.7. The highest BCUT2D eigenvalue weighted by Crippen LogP contribution is 2.67. The molecular formula is C77H80BN3O. The number of hydrogen-bond acceptors (Lipinski definition) is 4. The average Bonchev–Trinajstić information content (AvgIpc) is 1.46. The van der Waals surface area contributed by atoms with Crippen molar-refractivity contribution in [1.29, 1.82) is 0 Å². The van der Waals surface area contributed by atoms with E-state index in [4.69, 9.17) is 4.42 Å². The molecule has 0 saturated heterocycles. The van der Waals surface area contributed by atoms with E-state index in [1.807, 2.05) is 0 Å². The van der Waals surface area contributed by atoms with Crippen molar-refractivity contribution in [3.05, 3.63) is 179 Å². The smallest absolute Gasteiger partial charge is 0.253 e. The molecule has 1 aromatic heterocycles. The number of anilines is 7. The molecule has 0 spiro atoms. The van der Waals surface area contributed by atoms with E-state index >= 15 is 0 Å². The maximum absolute atomic E-state index is 7.21. The summed E-state index contributed by atoms with van der Waals surface area (Å²) in [7, 11) is 0. The third kappa shape index (κ3) is 6.11. The van der Waals surface area contributed by atoms with E-state index in [2.05, 4.69) is 256 Å².